The van der Waals surface area contributed by atoms with Crippen LogP contribution in [-0.2, 0) is 16.1 Å². The van der Waals surface area contributed by atoms with Gasteiger partial charge in [-0.1, -0.05) is 18.2 Å². The molecular formula is C24H27N3O4. The summed E-state index contributed by atoms with van der Waals surface area (Å²) >= 11 is 0. The summed E-state index contributed by atoms with van der Waals surface area (Å²) in [5.41, 5.74) is 3.28. The Morgan fingerprint density at radius 1 is 1.16 bits per heavy atom. The van der Waals surface area contributed by atoms with E-state index in [0.717, 1.165) is 29.7 Å². The number of pyridine rings is 1. The highest BCUT2D eigenvalue weighted by molar-refractivity contribution is 5.97. The topological polar surface area (TPSA) is 73.1 Å². The monoisotopic (exact) mass is 421 g/mol. The van der Waals surface area contributed by atoms with Gasteiger partial charge in [0.1, 0.15) is 18.0 Å². The van der Waals surface area contributed by atoms with Gasteiger partial charge < -0.3 is 18.8 Å². The van der Waals surface area contributed by atoms with Crippen molar-refractivity contribution in [1.82, 2.24) is 14.3 Å². The predicted octanol–water partition coefficient (Wildman–Crippen LogP) is 3.64. The zero-order valence-corrected chi connectivity index (χ0v) is 17.9. The summed E-state index contributed by atoms with van der Waals surface area (Å²) in [6.07, 6.45) is 5.47. The summed E-state index contributed by atoms with van der Waals surface area (Å²) in [7, 11) is 0. The van der Waals surface area contributed by atoms with Gasteiger partial charge in [0.15, 0.2) is 0 Å². The van der Waals surface area contributed by atoms with E-state index in [-0.39, 0.29) is 24.4 Å². The van der Waals surface area contributed by atoms with Crippen LogP contribution >= 0.6 is 0 Å². The first-order chi connectivity index (χ1) is 15.0. The number of esters is 1. The molecule has 7 nitrogen and oxygen atoms in total. The fourth-order valence-electron chi connectivity index (χ4n) is 3.93. The molecule has 1 atom stereocenters. The SMILES string of the molecule is CCOC(=O)[C@@H]1CCCN(C(=O)c2ccccc2OCc2cn3cc(C)ccc3n2)C1. The van der Waals surface area contributed by atoms with E-state index in [1.165, 1.54) is 0 Å². The largest absolute Gasteiger partial charge is 0.486 e. The van der Waals surface area contributed by atoms with Crippen molar-refractivity contribution in [2.45, 2.75) is 33.3 Å². The van der Waals surface area contributed by atoms with Crippen molar-refractivity contribution in [3.8, 4) is 5.75 Å². The van der Waals surface area contributed by atoms with E-state index in [2.05, 4.69) is 4.98 Å². The number of carbonyl (C=O) groups is 2. The van der Waals surface area contributed by atoms with Crippen LogP contribution < -0.4 is 4.74 Å². The van der Waals surface area contributed by atoms with Crippen LogP contribution in [0.2, 0.25) is 0 Å². The average molecular weight is 421 g/mol. The third-order valence-corrected chi connectivity index (χ3v) is 5.47. The van der Waals surface area contributed by atoms with Gasteiger partial charge in [0.05, 0.1) is 23.8 Å². The predicted molar refractivity (Wildman–Crippen MR) is 116 cm³/mol. The van der Waals surface area contributed by atoms with E-state index in [4.69, 9.17) is 9.47 Å². The lowest BCUT2D eigenvalue weighted by Gasteiger charge is -2.32. The molecule has 31 heavy (non-hydrogen) atoms. The van der Waals surface area contributed by atoms with Gasteiger partial charge in [-0.3, -0.25) is 9.59 Å². The number of hydrogen-bond acceptors (Lipinski definition) is 5. The summed E-state index contributed by atoms with van der Waals surface area (Å²) in [4.78, 5) is 31.6. The molecule has 1 aromatic carbocycles. The number of piperidine rings is 1. The molecule has 1 aliphatic heterocycles. The van der Waals surface area contributed by atoms with Crippen molar-refractivity contribution in [3.05, 3.63) is 65.6 Å². The second kappa shape index (κ2) is 9.20. The third kappa shape index (κ3) is 4.71. The molecule has 3 aromatic rings. The zero-order chi connectivity index (χ0) is 21.8. The fourth-order valence-corrected chi connectivity index (χ4v) is 3.93. The van der Waals surface area contributed by atoms with Gasteiger partial charge in [-0.25, -0.2) is 4.98 Å². The number of para-hydroxylation sites is 1. The number of rotatable bonds is 6. The van der Waals surface area contributed by atoms with E-state index < -0.39 is 0 Å². The maximum atomic E-state index is 13.2. The number of aromatic nitrogens is 2. The van der Waals surface area contributed by atoms with Crippen molar-refractivity contribution >= 4 is 17.5 Å². The molecule has 0 bridgehead atoms. The molecule has 0 spiro atoms. The first-order valence-electron chi connectivity index (χ1n) is 10.7. The lowest BCUT2D eigenvalue weighted by molar-refractivity contribution is -0.149. The van der Waals surface area contributed by atoms with Gasteiger partial charge in [0, 0.05) is 25.5 Å². The van der Waals surface area contributed by atoms with Crippen LogP contribution in [0.5, 0.6) is 5.75 Å². The van der Waals surface area contributed by atoms with E-state index in [1.807, 2.05) is 48.0 Å². The number of aryl methyl sites for hydroxylation is 1. The second-order valence-electron chi connectivity index (χ2n) is 7.83. The normalized spacial score (nSPS) is 16.3. The molecule has 1 aliphatic rings. The molecule has 1 fully saturated rings. The molecule has 0 aliphatic carbocycles. The number of benzene rings is 1. The van der Waals surface area contributed by atoms with E-state index >= 15 is 0 Å². The minimum absolute atomic E-state index is 0.129. The Bertz CT molecular complexity index is 1090. The lowest BCUT2D eigenvalue weighted by Crippen LogP contribution is -2.42. The van der Waals surface area contributed by atoms with Crippen LogP contribution in [0, 0.1) is 12.8 Å². The standard InChI is InChI=1S/C24H27N3O4/c1-3-30-24(29)18-7-6-12-26(14-18)23(28)20-8-4-5-9-21(20)31-16-19-15-27-13-17(2)10-11-22(27)25-19/h4-5,8-11,13,15,18H,3,6-7,12,14,16H2,1-2H3/t18-/m1/s1. The van der Waals surface area contributed by atoms with E-state index in [1.54, 1.807) is 24.0 Å². The molecule has 2 aromatic heterocycles. The van der Waals surface area contributed by atoms with Gasteiger partial charge in [0.2, 0.25) is 0 Å². The number of carbonyl (C=O) groups excluding carboxylic acids is 2. The minimum Gasteiger partial charge on any atom is -0.486 e. The number of likely N-dealkylation sites (tertiary alicyclic amines) is 1. The van der Waals surface area contributed by atoms with E-state index in [0.29, 0.717) is 31.0 Å². The smallest absolute Gasteiger partial charge is 0.310 e. The fraction of sp³-hybridized carbons (Fsp3) is 0.375. The maximum absolute atomic E-state index is 13.2. The summed E-state index contributed by atoms with van der Waals surface area (Å²) in [5, 5.41) is 0. The molecule has 0 N–H and O–H groups in total. The van der Waals surface area contributed by atoms with Crippen LogP contribution in [0.4, 0.5) is 0 Å². The number of imidazole rings is 1. The Hall–Kier alpha value is -3.35. The number of fused-ring (bicyclic) bond motifs is 1. The van der Waals surface area contributed by atoms with Crippen molar-refractivity contribution in [2.75, 3.05) is 19.7 Å². The molecule has 1 amide bonds. The van der Waals surface area contributed by atoms with Gasteiger partial charge >= 0.3 is 5.97 Å². The molecule has 4 rings (SSSR count). The van der Waals surface area contributed by atoms with Gasteiger partial charge in [-0.05, 0) is 50.5 Å². The Balaban J connectivity index is 1.47. The Kier molecular flexibility index (Phi) is 6.21. The number of nitrogens with zero attached hydrogens (tertiary/aromatic N) is 3. The first-order valence-corrected chi connectivity index (χ1v) is 10.7. The first kappa shape index (κ1) is 20.9. The molecule has 0 unspecified atom stereocenters. The molecule has 0 saturated carbocycles. The molecule has 3 heterocycles. The Morgan fingerprint density at radius 2 is 2.00 bits per heavy atom. The average Bonchev–Trinajstić information content (AvgIpc) is 3.19. The van der Waals surface area contributed by atoms with Crippen molar-refractivity contribution < 1.29 is 19.1 Å². The van der Waals surface area contributed by atoms with E-state index in [9.17, 15) is 9.59 Å². The quantitative estimate of drug-likeness (QED) is 0.568. The van der Waals surface area contributed by atoms with Crippen LogP contribution in [0.25, 0.3) is 5.65 Å². The molecule has 162 valence electrons. The summed E-state index contributed by atoms with van der Waals surface area (Å²) in [6.45, 7) is 5.43. The van der Waals surface area contributed by atoms with Gasteiger partial charge in [0.25, 0.3) is 5.91 Å². The molecule has 1 saturated heterocycles. The van der Waals surface area contributed by atoms with Gasteiger partial charge in [-0.15, -0.1) is 0 Å². The highest BCUT2D eigenvalue weighted by Crippen LogP contribution is 2.25. The van der Waals surface area contributed by atoms with Crippen molar-refractivity contribution in [3.63, 3.8) is 0 Å². The van der Waals surface area contributed by atoms with Crippen LogP contribution in [0.1, 0.15) is 41.4 Å². The summed E-state index contributed by atoms with van der Waals surface area (Å²) < 4.78 is 13.1. The van der Waals surface area contributed by atoms with Crippen LogP contribution in [0.3, 0.4) is 0 Å². The Labute approximate surface area is 181 Å². The highest BCUT2D eigenvalue weighted by Gasteiger charge is 2.30. The minimum atomic E-state index is -0.271. The maximum Gasteiger partial charge on any atom is 0.310 e. The highest BCUT2D eigenvalue weighted by atomic mass is 16.5. The number of hydrogen-bond donors (Lipinski definition) is 0. The van der Waals surface area contributed by atoms with Crippen LogP contribution in [0.15, 0.2) is 48.8 Å². The zero-order valence-electron chi connectivity index (χ0n) is 17.9. The van der Waals surface area contributed by atoms with Gasteiger partial charge in [-0.2, -0.15) is 0 Å². The van der Waals surface area contributed by atoms with Crippen molar-refractivity contribution in [2.24, 2.45) is 5.92 Å². The summed E-state index contributed by atoms with van der Waals surface area (Å²) in [6, 6.07) is 11.2. The third-order valence-electron chi connectivity index (χ3n) is 5.47. The summed E-state index contributed by atoms with van der Waals surface area (Å²) in [5.74, 6) is -0.118. The van der Waals surface area contributed by atoms with Crippen LogP contribution in [-0.4, -0.2) is 45.9 Å². The number of amides is 1. The van der Waals surface area contributed by atoms with Crippen molar-refractivity contribution in [1.29, 1.82) is 0 Å². The second-order valence-corrected chi connectivity index (χ2v) is 7.83. The Morgan fingerprint density at radius 3 is 2.84 bits per heavy atom. The molecule has 7 heteroatoms. The lowest BCUT2D eigenvalue weighted by atomic mass is 9.97. The molecular weight excluding hydrogens is 394 g/mol. The molecule has 0 radical (unpaired) electrons. The number of ether oxygens (including phenoxy) is 2.